The topological polar surface area (TPSA) is 149 Å². The van der Waals surface area contributed by atoms with Crippen molar-refractivity contribution in [2.24, 2.45) is 0 Å². The zero-order valence-corrected chi connectivity index (χ0v) is 8.62. The molecule has 0 spiro atoms. The SMILES string of the molecule is O=C(O)CC(O)(CC(=O)O)C(=O)O.[O]=[Ag]. The van der Waals surface area contributed by atoms with Gasteiger partial charge in [0.15, 0.2) is 5.60 Å². The second-order valence-corrected chi connectivity index (χ2v) is 2.48. The molecular formula is C6H8AgO8. The van der Waals surface area contributed by atoms with E-state index < -0.39 is 36.4 Å². The minimum absolute atomic E-state index is 1.14. The van der Waals surface area contributed by atoms with E-state index in [-0.39, 0.29) is 0 Å². The minimum atomic E-state index is -2.74. The van der Waals surface area contributed by atoms with Gasteiger partial charge in [0, 0.05) is 0 Å². The Labute approximate surface area is 95.8 Å². The summed E-state index contributed by atoms with van der Waals surface area (Å²) in [4.78, 5) is 30.5. The molecule has 0 aliphatic rings. The fourth-order valence-electron chi connectivity index (χ4n) is 0.714. The van der Waals surface area contributed by atoms with Crippen LogP contribution in [0.1, 0.15) is 12.8 Å². The van der Waals surface area contributed by atoms with Crippen LogP contribution in [-0.2, 0) is 38.7 Å². The van der Waals surface area contributed by atoms with E-state index in [2.05, 4.69) is 0 Å². The van der Waals surface area contributed by atoms with Crippen molar-refractivity contribution in [1.82, 2.24) is 0 Å². The van der Waals surface area contributed by atoms with Crippen LogP contribution in [0.3, 0.4) is 0 Å². The van der Waals surface area contributed by atoms with Crippen LogP contribution in [0.2, 0.25) is 0 Å². The molecular weight excluding hydrogens is 308 g/mol. The van der Waals surface area contributed by atoms with Crippen LogP contribution in [0.5, 0.6) is 0 Å². The van der Waals surface area contributed by atoms with E-state index >= 15 is 0 Å². The van der Waals surface area contributed by atoms with Gasteiger partial charge in [-0.25, -0.2) is 4.79 Å². The van der Waals surface area contributed by atoms with Gasteiger partial charge in [-0.2, -0.15) is 0 Å². The van der Waals surface area contributed by atoms with Crippen LogP contribution in [0.25, 0.3) is 0 Å². The average molecular weight is 316 g/mol. The first-order valence-electron chi connectivity index (χ1n) is 3.29. The average Bonchev–Trinajstić information content (AvgIpc) is 2.04. The molecule has 15 heavy (non-hydrogen) atoms. The van der Waals surface area contributed by atoms with E-state index in [4.69, 9.17) is 23.7 Å². The van der Waals surface area contributed by atoms with E-state index in [1.807, 2.05) is 0 Å². The van der Waals surface area contributed by atoms with Gasteiger partial charge < -0.3 is 20.4 Å². The van der Waals surface area contributed by atoms with E-state index in [9.17, 15) is 14.4 Å². The van der Waals surface area contributed by atoms with E-state index in [0.29, 0.717) is 0 Å². The van der Waals surface area contributed by atoms with Crippen molar-refractivity contribution >= 4 is 17.9 Å². The molecule has 0 aliphatic carbocycles. The molecule has 0 aromatic carbocycles. The Bertz CT molecular complexity index is 246. The summed E-state index contributed by atoms with van der Waals surface area (Å²) in [5, 5.41) is 33.8. The molecule has 0 atom stereocenters. The summed E-state index contributed by atoms with van der Waals surface area (Å²) in [6, 6.07) is 0. The molecule has 9 heteroatoms. The summed E-state index contributed by atoms with van der Waals surface area (Å²) in [7, 11) is 0. The van der Waals surface area contributed by atoms with E-state index in [0.717, 1.165) is 0 Å². The van der Waals surface area contributed by atoms with Crippen molar-refractivity contribution in [2.75, 3.05) is 0 Å². The van der Waals surface area contributed by atoms with Crippen LogP contribution in [0.4, 0.5) is 0 Å². The summed E-state index contributed by atoms with van der Waals surface area (Å²) >= 11 is 1.70. The predicted molar refractivity (Wildman–Crippen MR) is 37.8 cm³/mol. The van der Waals surface area contributed by atoms with Gasteiger partial charge in [0.2, 0.25) is 0 Å². The van der Waals surface area contributed by atoms with Gasteiger partial charge in [-0.15, -0.1) is 0 Å². The number of rotatable bonds is 5. The van der Waals surface area contributed by atoms with Crippen molar-refractivity contribution in [3.63, 3.8) is 0 Å². The van der Waals surface area contributed by atoms with Crippen molar-refractivity contribution in [3.8, 4) is 0 Å². The van der Waals surface area contributed by atoms with Crippen LogP contribution in [0.15, 0.2) is 0 Å². The normalized spacial score (nSPS) is 9.80. The Balaban J connectivity index is 0. The number of aliphatic carboxylic acids is 3. The number of hydrogen-bond acceptors (Lipinski definition) is 5. The molecule has 0 bridgehead atoms. The van der Waals surface area contributed by atoms with Crippen LogP contribution in [-0.4, -0.2) is 43.9 Å². The standard InChI is InChI=1S/C6H8O7.Ag.O/c7-3(8)1-6(13,5(11)12)2-4(9)10;;/h13H,1-2H2,(H,7,8)(H,9,10)(H,11,12);;. The molecule has 8 nitrogen and oxygen atoms in total. The van der Waals surface area contributed by atoms with Crippen molar-refractivity contribution in [3.05, 3.63) is 0 Å². The monoisotopic (exact) mass is 315 g/mol. The van der Waals surface area contributed by atoms with Gasteiger partial charge in [-0.05, 0) is 0 Å². The molecule has 4 N–H and O–H groups in total. The Hall–Kier alpha value is -1.09. The molecule has 91 valence electrons. The Morgan fingerprint density at radius 1 is 0.933 bits per heavy atom. The quantitative estimate of drug-likeness (QED) is 0.454. The fourth-order valence-corrected chi connectivity index (χ4v) is 0.714. The Morgan fingerprint density at radius 2 is 1.20 bits per heavy atom. The number of carboxylic acids is 3. The maximum absolute atomic E-state index is 10.3. The summed E-state index contributed by atoms with van der Waals surface area (Å²) in [6.45, 7) is 0. The molecule has 0 aliphatic heterocycles. The van der Waals surface area contributed by atoms with Gasteiger partial charge >= 0.3 is 42.2 Å². The van der Waals surface area contributed by atoms with Crippen molar-refractivity contribution in [2.45, 2.75) is 18.4 Å². The zero-order chi connectivity index (χ0) is 12.6. The second kappa shape index (κ2) is 7.23. The van der Waals surface area contributed by atoms with Crippen molar-refractivity contribution in [1.29, 1.82) is 0 Å². The Kier molecular flexibility index (Phi) is 7.88. The maximum atomic E-state index is 10.3. The van der Waals surface area contributed by atoms with Gasteiger partial charge in [0.1, 0.15) is 0 Å². The summed E-state index contributed by atoms with van der Waals surface area (Å²) < 4.78 is 8.06. The van der Waals surface area contributed by atoms with Gasteiger partial charge in [0.05, 0.1) is 12.8 Å². The van der Waals surface area contributed by atoms with Gasteiger partial charge in [0.25, 0.3) is 0 Å². The number of carboxylic acid groups (broad SMARTS) is 3. The predicted octanol–water partition coefficient (Wildman–Crippen LogP) is -1.37. The first-order chi connectivity index (χ1) is 6.78. The first-order valence-corrected chi connectivity index (χ1v) is 3.90. The molecule has 0 saturated carbocycles. The molecule has 0 heterocycles. The molecule has 0 saturated heterocycles. The molecule has 0 radical (unpaired) electrons. The van der Waals surface area contributed by atoms with Crippen LogP contribution in [0, 0.1) is 0 Å². The Morgan fingerprint density at radius 3 is 1.33 bits per heavy atom. The van der Waals surface area contributed by atoms with Gasteiger partial charge in [-0.3, -0.25) is 9.59 Å². The van der Waals surface area contributed by atoms with Gasteiger partial charge in [-0.1, -0.05) is 0 Å². The molecule has 0 unspecified atom stereocenters. The van der Waals surface area contributed by atoms with E-state index in [1.54, 1.807) is 21.0 Å². The molecule has 0 aromatic rings. The molecule has 0 amide bonds. The third-order valence-corrected chi connectivity index (χ3v) is 1.29. The second-order valence-electron chi connectivity index (χ2n) is 2.48. The molecule has 0 rings (SSSR count). The van der Waals surface area contributed by atoms with Crippen LogP contribution < -0.4 is 0 Å². The summed E-state index contributed by atoms with van der Waals surface area (Å²) in [5.41, 5.74) is -2.74. The summed E-state index contributed by atoms with van der Waals surface area (Å²) in [6.07, 6.45) is -2.29. The zero-order valence-electron chi connectivity index (χ0n) is 7.14. The molecule has 0 fully saturated rings. The summed E-state index contributed by atoms with van der Waals surface area (Å²) in [5.74, 6) is -5.02. The van der Waals surface area contributed by atoms with E-state index in [1.165, 1.54) is 0 Å². The third-order valence-electron chi connectivity index (χ3n) is 1.29. The first kappa shape index (κ1) is 16.3. The third kappa shape index (κ3) is 6.91. The fraction of sp³-hybridized carbons (Fsp3) is 0.500. The molecule has 0 aromatic heterocycles. The number of aliphatic hydroxyl groups is 1. The van der Waals surface area contributed by atoms with Crippen LogP contribution >= 0.6 is 0 Å². The number of carbonyl (C=O) groups is 3. The number of hydrogen-bond donors (Lipinski definition) is 4. The van der Waals surface area contributed by atoms with Crippen molar-refractivity contribution < 1.29 is 59.1 Å².